The van der Waals surface area contributed by atoms with E-state index in [1.165, 1.54) is 12.3 Å². The van der Waals surface area contributed by atoms with Gasteiger partial charge in [0.1, 0.15) is 5.69 Å². The van der Waals surface area contributed by atoms with Crippen molar-refractivity contribution in [3.63, 3.8) is 0 Å². The van der Waals surface area contributed by atoms with Gasteiger partial charge < -0.3 is 25.5 Å². The molecule has 1 aromatic carbocycles. The summed E-state index contributed by atoms with van der Waals surface area (Å²) in [6, 6.07) is 6.44. The third kappa shape index (κ3) is 4.39. The van der Waals surface area contributed by atoms with Gasteiger partial charge in [-0.05, 0) is 24.3 Å². The average Bonchev–Trinajstić information content (AvgIpc) is 2.45. The molecule has 1 heterocycles. The minimum Gasteiger partial charge on any atom is -0.504 e. The first kappa shape index (κ1) is 15.8. The van der Waals surface area contributed by atoms with E-state index in [-0.39, 0.29) is 11.3 Å². The van der Waals surface area contributed by atoms with Gasteiger partial charge in [-0.3, -0.25) is 0 Å². The van der Waals surface area contributed by atoms with Crippen molar-refractivity contribution >= 4 is 11.9 Å². The lowest BCUT2D eigenvalue weighted by Gasteiger charge is -2.01. The second-order valence-electron chi connectivity index (χ2n) is 3.69. The number of benzene rings is 1. The minimum atomic E-state index is -1.29. The van der Waals surface area contributed by atoms with Crippen LogP contribution in [0.2, 0.25) is 0 Å². The van der Waals surface area contributed by atoms with Crippen LogP contribution in [0.3, 0.4) is 0 Å². The van der Waals surface area contributed by atoms with E-state index in [0.29, 0.717) is 0 Å². The molecule has 0 saturated carbocycles. The Balaban J connectivity index is 0.000000219. The normalized spacial score (nSPS) is 9.33. The fourth-order valence-corrected chi connectivity index (χ4v) is 1.22. The summed E-state index contributed by atoms with van der Waals surface area (Å²) < 4.78 is 0. The molecule has 8 heteroatoms. The highest BCUT2D eigenvalue weighted by Crippen LogP contribution is 2.35. The summed E-state index contributed by atoms with van der Waals surface area (Å²) in [5.41, 5.74) is -0.208. The number of hydrogen-bond acceptors (Lipinski definition) is 6. The number of aromatic nitrogens is 1. The Morgan fingerprint density at radius 3 is 1.81 bits per heavy atom. The monoisotopic (exact) mass is 293 g/mol. The van der Waals surface area contributed by atoms with Crippen molar-refractivity contribution in [2.24, 2.45) is 0 Å². The van der Waals surface area contributed by atoms with Crippen LogP contribution >= 0.6 is 0 Å². The molecule has 0 fully saturated rings. The maximum absolute atomic E-state index is 10.3. The van der Waals surface area contributed by atoms with E-state index in [9.17, 15) is 9.59 Å². The first-order chi connectivity index (χ1) is 9.82. The molecule has 0 radical (unpaired) electrons. The number of pyridine rings is 1. The maximum Gasteiger partial charge on any atom is 0.354 e. The lowest BCUT2D eigenvalue weighted by Crippen LogP contribution is -1.97. The zero-order valence-corrected chi connectivity index (χ0v) is 10.5. The van der Waals surface area contributed by atoms with E-state index < -0.39 is 29.2 Å². The predicted molar refractivity (Wildman–Crippen MR) is 69.6 cm³/mol. The number of nitrogens with zero attached hydrogens (tertiary/aromatic N) is 1. The predicted octanol–water partition coefficient (Wildman–Crippen LogP) is 1.28. The summed E-state index contributed by atoms with van der Waals surface area (Å²) in [5.74, 6) is -4.32. The van der Waals surface area contributed by atoms with E-state index in [1.807, 2.05) is 0 Å². The number of phenolic OH excluding ortho intramolecular Hbond substituents is 3. The minimum absolute atomic E-state index is 0.0810. The first-order valence-corrected chi connectivity index (χ1v) is 5.45. The van der Waals surface area contributed by atoms with Gasteiger partial charge in [0.15, 0.2) is 17.2 Å². The summed E-state index contributed by atoms with van der Waals surface area (Å²) in [7, 11) is 0. The average molecular weight is 293 g/mol. The van der Waals surface area contributed by atoms with Gasteiger partial charge in [-0.1, -0.05) is 6.07 Å². The number of aromatic hydroxyl groups is 3. The zero-order chi connectivity index (χ0) is 16.0. The molecule has 21 heavy (non-hydrogen) atoms. The Morgan fingerprint density at radius 1 is 0.905 bits per heavy atom. The van der Waals surface area contributed by atoms with Crippen LogP contribution in [-0.2, 0) is 0 Å². The van der Waals surface area contributed by atoms with Gasteiger partial charge >= 0.3 is 11.9 Å². The van der Waals surface area contributed by atoms with Crippen LogP contribution in [0.25, 0.3) is 0 Å². The van der Waals surface area contributed by atoms with Crippen LogP contribution in [0.1, 0.15) is 20.8 Å². The van der Waals surface area contributed by atoms with Crippen LogP contribution < -0.4 is 0 Å². The Hall–Kier alpha value is -3.29. The van der Waals surface area contributed by atoms with Gasteiger partial charge in [0, 0.05) is 6.20 Å². The molecule has 0 atom stereocenters. The van der Waals surface area contributed by atoms with Crippen molar-refractivity contribution in [2.75, 3.05) is 0 Å². The smallest absolute Gasteiger partial charge is 0.354 e. The fourth-order valence-electron chi connectivity index (χ4n) is 1.22. The Kier molecular flexibility index (Phi) is 5.07. The molecule has 0 amide bonds. The van der Waals surface area contributed by atoms with E-state index in [4.69, 9.17) is 25.5 Å². The maximum atomic E-state index is 10.3. The van der Waals surface area contributed by atoms with Crippen molar-refractivity contribution in [1.82, 2.24) is 4.98 Å². The number of phenols is 3. The quantitative estimate of drug-likeness (QED) is 0.520. The second kappa shape index (κ2) is 6.75. The Morgan fingerprint density at radius 2 is 1.48 bits per heavy atom. The largest absolute Gasteiger partial charge is 0.504 e. The second-order valence-corrected chi connectivity index (χ2v) is 3.69. The summed E-state index contributed by atoms with van der Waals surface area (Å²) in [6.45, 7) is 0. The van der Waals surface area contributed by atoms with Crippen molar-refractivity contribution in [2.45, 2.75) is 0 Å². The van der Waals surface area contributed by atoms with Crippen LogP contribution in [0, 0.1) is 0 Å². The molecule has 0 bridgehead atoms. The highest BCUT2D eigenvalue weighted by molar-refractivity contribution is 5.89. The number of carboxylic acids is 2. The van der Waals surface area contributed by atoms with Crippen molar-refractivity contribution in [1.29, 1.82) is 0 Å². The Labute approximate surface area is 118 Å². The molecule has 2 rings (SSSR count). The van der Waals surface area contributed by atoms with Gasteiger partial charge in [-0.25, -0.2) is 14.6 Å². The van der Waals surface area contributed by atoms with E-state index >= 15 is 0 Å². The van der Waals surface area contributed by atoms with Gasteiger partial charge in [0.2, 0.25) is 0 Å². The number of rotatable bonds is 2. The third-order valence-electron chi connectivity index (χ3n) is 2.20. The van der Waals surface area contributed by atoms with Gasteiger partial charge in [0.25, 0.3) is 0 Å². The topological polar surface area (TPSA) is 148 Å². The standard InChI is InChI=1S/C7H6O5.C6H5NO2/c8-4-1-3(7(11)12)2-5(9)6(4)10;8-6(9)5-3-1-2-4-7-5/h1-2,8-10H,(H,11,12);1-4H,(H,8,9). The Bertz CT molecular complexity index is 632. The van der Waals surface area contributed by atoms with E-state index in [0.717, 1.165) is 12.1 Å². The summed E-state index contributed by atoms with van der Waals surface area (Å²) in [6.07, 6.45) is 1.45. The summed E-state index contributed by atoms with van der Waals surface area (Å²) >= 11 is 0. The van der Waals surface area contributed by atoms with Crippen LogP contribution in [0.4, 0.5) is 0 Å². The molecule has 0 unspecified atom stereocenters. The zero-order valence-electron chi connectivity index (χ0n) is 10.5. The summed E-state index contributed by atoms with van der Waals surface area (Å²) in [4.78, 5) is 24.0. The molecule has 0 aliphatic heterocycles. The van der Waals surface area contributed by atoms with Crippen LogP contribution in [-0.4, -0.2) is 42.5 Å². The van der Waals surface area contributed by atoms with E-state index in [2.05, 4.69) is 4.98 Å². The van der Waals surface area contributed by atoms with E-state index in [1.54, 1.807) is 12.1 Å². The number of carboxylic acid groups (broad SMARTS) is 2. The van der Waals surface area contributed by atoms with Crippen LogP contribution in [0.5, 0.6) is 17.2 Å². The van der Waals surface area contributed by atoms with Gasteiger partial charge in [-0.15, -0.1) is 0 Å². The molecule has 8 nitrogen and oxygen atoms in total. The SMILES string of the molecule is O=C(O)c1cc(O)c(O)c(O)c1.O=C(O)c1ccccn1. The molecule has 1 aromatic heterocycles. The molecule has 0 spiro atoms. The van der Waals surface area contributed by atoms with Crippen LogP contribution in [0.15, 0.2) is 36.5 Å². The molecule has 0 aliphatic carbocycles. The molecule has 110 valence electrons. The highest BCUT2D eigenvalue weighted by Gasteiger charge is 2.11. The van der Waals surface area contributed by atoms with Crippen molar-refractivity contribution in [3.05, 3.63) is 47.8 Å². The number of hydrogen-bond donors (Lipinski definition) is 5. The molecule has 2 aromatic rings. The fraction of sp³-hybridized carbons (Fsp3) is 0. The van der Waals surface area contributed by atoms with Crippen molar-refractivity contribution in [3.8, 4) is 17.2 Å². The molecular weight excluding hydrogens is 282 g/mol. The molecular formula is C13H11NO7. The summed E-state index contributed by atoms with van der Waals surface area (Å²) in [5, 5.41) is 43.3. The molecule has 0 aliphatic rings. The lowest BCUT2D eigenvalue weighted by molar-refractivity contribution is 0.0682. The highest BCUT2D eigenvalue weighted by atomic mass is 16.4. The third-order valence-corrected chi connectivity index (χ3v) is 2.20. The number of aromatic carboxylic acids is 2. The number of carbonyl (C=O) groups is 2. The first-order valence-electron chi connectivity index (χ1n) is 5.45. The van der Waals surface area contributed by atoms with Crippen molar-refractivity contribution < 1.29 is 35.1 Å². The van der Waals surface area contributed by atoms with Gasteiger partial charge in [0.05, 0.1) is 5.56 Å². The lowest BCUT2D eigenvalue weighted by atomic mass is 10.2. The molecule has 0 saturated heterocycles. The van der Waals surface area contributed by atoms with Gasteiger partial charge in [-0.2, -0.15) is 0 Å². The molecule has 5 N–H and O–H groups in total.